The van der Waals surface area contributed by atoms with Crippen LogP contribution in [-0.4, -0.2) is 35.0 Å². The normalized spacial score (nSPS) is 11.9. The van der Waals surface area contributed by atoms with Crippen molar-refractivity contribution in [2.45, 2.75) is 39.1 Å². The molecule has 0 saturated carbocycles. The van der Waals surface area contributed by atoms with Gasteiger partial charge in [0.15, 0.2) is 5.65 Å². The molecule has 148 valence electrons. The largest absolute Gasteiger partial charge is 0.348 e. The van der Waals surface area contributed by atoms with E-state index in [1.165, 1.54) is 0 Å². The summed E-state index contributed by atoms with van der Waals surface area (Å²) in [6.07, 6.45) is 3.36. The molecule has 8 nitrogen and oxygen atoms in total. The third-order valence-electron chi connectivity index (χ3n) is 4.05. The van der Waals surface area contributed by atoms with Gasteiger partial charge in [0.25, 0.3) is 5.91 Å². The van der Waals surface area contributed by atoms with E-state index in [2.05, 4.69) is 20.1 Å². The van der Waals surface area contributed by atoms with E-state index in [0.717, 1.165) is 5.56 Å². The summed E-state index contributed by atoms with van der Waals surface area (Å²) in [5.41, 5.74) is 3.12. The van der Waals surface area contributed by atoms with Crippen molar-refractivity contribution in [1.82, 2.24) is 24.6 Å². The highest BCUT2D eigenvalue weighted by molar-refractivity contribution is 7.88. The van der Waals surface area contributed by atoms with E-state index in [4.69, 9.17) is 0 Å². The molecular weight excluding hydrogens is 378 g/mol. The Bertz CT molecular complexity index is 1090. The molecule has 0 fully saturated rings. The topological polar surface area (TPSA) is 105 Å². The van der Waals surface area contributed by atoms with Crippen molar-refractivity contribution in [2.75, 3.05) is 0 Å². The molecule has 0 bridgehead atoms. The van der Waals surface area contributed by atoms with Crippen LogP contribution < -0.4 is 10.0 Å². The van der Waals surface area contributed by atoms with Gasteiger partial charge in [0.05, 0.1) is 11.4 Å². The number of sulfonamides is 1. The van der Waals surface area contributed by atoms with Crippen molar-refractivity contribution < 1.29 is 13.2 Å². The minimum absolute atomic E-state index is 0.0783. The lowest BCUT2D eigenvalue weighted by atomic mass is 10.1. The van der Waals surface area contributed by atoms with E-state index in [1.54, 1.807) is 55.9 Å². The highest BCUT2D eigenvalue weighted by atomic mass is 32.2. The summed E-state index contributed by atoms with van der Waals surface area (Å²) < 4.78 is 28.1. The fourth-order valence-electron chi connectivity index (χ4n) is 2.91. The first kappa shape index (κ1) is 20.0. The molecule has 0 radical (unpaired) electrons. The molecule has 0 aliphatic carbocycles. The van der Waals surface area contributed by atoms with Gasteiger partial charge in [0, 0.05) is 25.0 Å². The Labute approximate surface area is 164 Å². The smallest absolute Gasteiger partial charge is 0.257 e. The molecule has 1 aromatic carbocycles. The van der Waals surface area contributed by atoms with E-state index >= 15 is 0 Å². The van der Waals surface area contributed by atoms with Gasteiger partial charge in [-0.25, -0.2) is 22.6 Å². The van der Waals surface area contributed by atoms with Crippen LogP contribution in [-0.2, 0) is 22.3 Å². The third kappa shape index (κ3) is 4.73. The number of hydrogen-bond donors (Lipinski definition) is 2. The van der Waals surface area contributed by atoms with Crippen LogP contribution in [0.15, 0.2) is 42.7 Å². The molecule has 2 aromatic heterocycles. The highest BCUT2D eigenvalue weighted by Crippen LogP contribution is 2.13. The Morgan fingerprint density at radius 3 is 2.54 bits per heavy atom. The van der Waals surface area contributed by atoms with Crippen LogP contribution >= 0.6 is 0 Å². The van der Waals surface area contributed by atoms with Crippen LogP contribution in [0.2, 0.25) is 0 Å². The molecule has 0 aliphatic rings. The quantitative estimate of drug-likeness (QED) is 0.628. The van der Waals surface area contributed by atoms with Crippen LogP contribution in [0.25, 0.3) is 5.65 Å². The number of aromatic nitrogens is 3. The van der Waals surface area contributed by atoms with Crippen molar-refractivity contribution in [3.8, 4) is 0 Å². The van der Waals surface area contributed by atoms with Gasteiger partial charge in [-0.05, 0) is 38.0 Å². The van der Waals surface area contributed by atoms with E-state index in [1.807, 2.05) is 12.1 Å². The monoisotopic (exact) mass is 401 g/mol. The lowest BCUT2D eigenvalue weighted by molar-refractivity contribution is 0.0951. The van der Waals surface area contributed by atoms with Gasteiger partial charge >= 0.3 is 0 Å². The van der Waals surface area contributed by atoms with Crippen molar-refractivity contribution in [3.63, 3.8) is 0 Å². The van der Waals surface area contributed by atoms with E-state index in [0.29, 0.717) is 29.0 Å². The zero-order valence-electron chi connectivity index (χ0n) is 16.0. The van der Waals surface area contributed by atoms with Crippen LogP contribution in [0.4, 0.5) is 0 Å². The number of aryl methyl sites for hydroxylation is 1. The lowest BCUT2D eigenvalue weighted by Gasteiger charge is -2.10. The average Bonchev–Trinajstić information content (AvgIpc) is 2.95. The maximum Gasteiger partial charge on any atom is 0.257 e. The molecule has 0 saturated heterocycles. The van der Waals surface area contributed by atoms with Crippen LogP contribution in [0.3, 0.4) is 0 Å². The number of hydrogen-bond acceptors (Lipinski definition) is 5. The number of carbonyl (C=O) groups is 1. The molecule has 28 heavy (non-hydrogen) atoms. The fraction of sp³-hybridized carbons (Fsp3) is 0.316. The van der Waals surface area contributed by atoms with Crippen molar-refractivity contribution in [2.24, 2.45) is 0 Å². The van der Waals surface area contributed by atoms with Gasteiger partial charge < -0.3 is 5.32 Å². The molecule has 0 unspecified atom stereocenters. The van der Waals surface area contributed by atoms with E-state index in [9.17, 15) is 13.2 Å². The molecule has 0 aliphatic heterocycles. The van der Waals surface area contributed by atoms with Crippen LogP contribution in [0.5, 0.6) is 0 Å². The lowest BCUT2D eigenvalue weighted by Crippen LogP contribution is -2.31. The predicted molar refractivity (Wildman–Crippen MR) is 106 cm³/mol. The second-order valence-corrected chi connectivity index (χ2v) is 8.63. The third-order valence-corrected chi connectivity index (χ3v) is 5.59. The SMILES string of the molecule is Cc1nn2cccnc2c1C(=O)NCc1ccc(CS(=O)(=O)NC(C)C)cc1. The minimum atomic E-state index is -3.36. The Morgan fingerprint density at radius 2 is 1.86 bits per heavy atom. The van der Waals surface area contributed by atoms with Gasteiger partial charge in [-0.3, -0.25) is 4.79 Å². The number of carbonyl (C=O) groups excluding carboxylic acids is 1. The van der Waals surface area contributed by atoms with Crippen molar-refractivity contribution in [3.05, 3.63) is 65.1 Å². The second-order valence-electron chi connectivity index (χ2n) is 6.88. The van der Waals surface area contributed by atoms with E-state index in [-0.39, 0.29) is 17.7 Å². The zero-order chi connectivity index (χ0) is 20.3. The average molecular weight is 401 g/mol. The van der Waals surface area contributed by atoms with Crippen LogP contribution in [0.1, 0.15) is 41.0 Å². The summed E-state index contributed by atoms with van der Waals surface area (Å²) in [4.78, 5) is 16.8. The maximum absolute atomic E-state index is 12.6. The maximum atomic E-state index is 12.6. The Balaban J connectivity index is 1.65. The zero-order valence-corrected chi connectivity index (χ0v) is 16.8. The second kappa shape index (κ2) is 8.07. The number of rotatable bonds is 7. The number of amides is 1. The molecule has 0 spiro atoms. The molecule has 1 amide bonds. The van der Waals surface area contributed by atoms with Crippen LogP contribution in [0, 0.1) is 6.92 Å². The Hall–Kier alpha value is -2.78. The fourth-order valence-corrected chi connectivity index (χ4v) is 4.34. The number of nitrogens with zero attached hydrogens (tertiary/aromatic N) is 3. The first-order valence-corrected chi connectivity index (χ1v) is 10.6. The molecule has 2 N–H and O–H groups in total. The molecule has 9 heteroatoms. The van der Waals surface area contributed by atoms with Gasteiger partial charge in [-0.1, -0.05) is 24.3 Å². The summed E-state index contributed by atoms with van der Waals surface area (Å²) in [6.45, 7) is 5.65. The standard InChI is InChI=1S/C19H23N5O3S/c1-13(2)23-28(26,27)12-16-7-5-15(6-8-16)11-21-19(25)17-14(3)22-24-10-4-9-20-18(17)24/h4-10,13,23H,11-12H2,1-3H3,(H,21,25). The summed E-state index contributed by atoms with van der Waals surface area (Å²) >= 11 is 0. The van der Waals surface area contributed by atoms with E-state index < -0.39 is 10.0 Å². The Kier molecular flexibility index (Phi) is 5.76. The van der Waals surface area contributed by atoms with Gasteiger partial charge in [0.1, 0.15) is 5.56 Å². The summed E-state index contributed by atoms with van der Waals surface area (Å²) in [6, 6.07) is 8.73. The molecule has 2 heterocycles. The number of benzene rings is 1. The number of nitrogens with one attached hydrogen (secondary N) is 2. The first-order chi connectivity index (χ1) is 13.2. The molecule has 3 rings (SSSR count). The highest BCUT2D eigenvalue weighted by Gasteiger charge is 2.18. The predicted octanol–water partition coefficient (Wildman–Crippen LogP) is 1.80. The minimum Gasteiger partial charge on any atom is -0.348 e. The van der Waals surface area contributed by atoms with Gasteiger partial charge in [0.2, 0.25) is 10.0 Å². The van der Waals surface area contributed by atoms with Gasteiger partial charge in [-0.15, -0.1) is 0 Å². The van der Waals surface area contributed by atoms with Crippen molar-refractivity contribution in [1.29, 1.82) is 0 Å². The molecular formula is C19H23N5O3S. The molecule has 3 aromatic rings. The first-order valence-electron chi connectivity index (χ1n) is 8.91. The Morgan fingerprint density at radius 1 is 1.18 bits per heavy atom. The molecule has 0 atom stereocenters. The number of fused-ring (bicyclic) bond motifs is 1. The summed E-state index contributed by atoms with van der Waals surface area (Å²) in [7, 11) is -3.36. The summed E-state index contributed by atoms with van der Waals surface area (Å²) in [5, 5.41) is 7.15. The van der Waals surface area contributed by atoms with Crippen molar-refractivity contribution >= 4 is 21.6 Å². The van der Waals surface area contributed by atoms with Gasteiger partial charge in [-0.2, -0.15) is 5.10 Å². The summed E-state index contributed by atoms with van der Waals surface area (Å²) in [5.74, 6) is -0.329.